The average Bonchev–Trinajstić information content (AvgIpc) is 2.14. The van der Waals surface area contributed by atoms with Crippen LogP contribution in [0.1, 0.15) is 19.3 Å². The van der Waals surface area contributed by atoms with Gasteiger partial charge in [-0.2, -0.15) is 0 Å². The molecule has 4 nitrogen and oxygen atoms in total. The standard InChI is InChI=1S/C10H18N2O2/c13-10(9-3-4-11-9)12-6-8-2-1-5-14-7-8/h8-9,11H,1-7H2,(H,12,13). The van der Waals surface area contributed by atoms with Crippen molar-refractivity contribution < 1.29 is 9.53 Å². The monoisotopic (exact) mass is 198 g/mol. The number of nitrogens with one attached hydrogen (secondary N) is 2. The van der Waals surface area contributed by atoms with Crippen LogP contribution in [0.15, 0.2) is 0 Å². The Bertz CT molecular complexity index is 198. The molecule has 0 radical (unpaired) electrons. The van der Waals surface area contributed by atoms with Crippen molar-refractivity contribution in [2.75, 3.05) is 26.3 Å². The lowest BCUT2D eigenvalue weighted by molar-refractivity contribution is -0.125. The van der Waals surface area contributed by atoms with Crippen LogP contribution in [0.5, 0.6) is 0 Å². The highest BCUT2D eigenvalue weighted by molar-refractivity contribution is 5.82. The second-order valence-electron chi connectivity index (χ2n) is 4.12. The van der Waals surface area contributed by atoms with Crippen molar-refractivity contribution >= 4 is 5.91 Å². The summed E-state index contributed by atoms with van der Waals surface area (Å²) in [7, 11) is 0. The first-order valence-corrected chi connectivity index (χ1v) is 5.45. The summed E-state index contributed by atoms with van der Waals surface area (Å²) in [4.78, 5) is 11.5. The van der Waals surface area contributed by atoms with Gasteiger partial charge in [0.1, 0.15) is 0 Å². The van der Waals surface area contributed by atoms with Crippen molar-refractivity contribution in [2.45, 2.75) is 25.3 Å². The second-order valence-corrected chi connectivity index (χ2v) is 4.12. The van der Waals surface area contributed by atoms with E-state index < -0.39 is 0 Å². The number of amides is 1. The zero-order valence-corrected chi connectivity index (χ0v) is 8.42. The van der Waals surface area contributed by atoms with Gasteiger partial charge in [0.25, 0.3) is 0 Å². The van der Waals surface area contributed by atoms with Gasteiger partial charge in [-0.3, -0.25) is 4.79 Å². The highest BCUT2D eigenvalue weighted by Gasteiger charge is 2.25. The van der Waals surface area contributed by atoms with Gasteiger partial charge in [0.15, 0.2) is 0 Å². The van der Waals surface area contributed by atoms with Gasteiger partial charge < -0.3 is 15.4 Å². The molecule has 2 rings (SSSR count). The third-order valence-electron chi connectivity index (χ3n) is 2.96. The van der Waals surface area contributed by atoms with Gasteiger partial charge >= 0.3 is 0 Å². The Labute approximate surface area is 84.4 Å². The lowest BCUT2D eigenvalue weighted by Crippen LogP contribution is -2.54. The summed E-state index contributed by atoms with van der Waals surface area (Å²) in [5.74, 6) is 0.676. The van der Waals surface area contributed by atoms with E-state index >= 15 is 0 Å². The van der Waals surface area contributed by atoms with Crippen LogP contribution in [0.3, 0.4) is 0 Å². The summed E-state index contributed by atoms with van der Waals surface area (Å²) in [6, 6.07) is 0.0690. The summed E-state index contributed by atoms with van der Waals surface area (Å²) in [6.07, 6.45) is 3.29. The Balaban J connectivity index is 1.62. The molecular formula is C10H18N2O2. The normalized spacial score (nSPS) is 32.0. The third-order valence-corrected chi connectivity index (χ3v) is 2.96. The van der Waals surface area contributed by atoms with Crippen LogP contribution < -0.4 is 10.6 Å². The van der Waals surface area contributed by atoms with Crippen molar-refractivity contribution in [1.29, 1.82) is 0 Å². The molecule has 0 bridgehead atoms. The van der Waals surface area contributed by atoms with Crippen LogP contribution in [-0.2, 0) is 9.53 Å². The first kappa shape index (κ1) is 9.93. The molecule has 2 aliphatic rings. The molecule has 4 heteroatoms. The number of hydrogen-bond donors (Lipinski definition) is 2. The van der Waals surface area contributed by atoms with Crippen LogP contribution in [0.25, 0.3) is 0 Å². The Kier molecular flexibility index (Phi) is 3.37. The van der Waals surface area contributed by atoms with Crippen LogP contribution in [0, 0.1) is 5.92 Å². The maximum absolute atomic E-state index is 11.5. The zero-order chi connectivity index (χ0) is 9.80. The smallest absolute Gasteiger partial charge is 0.237 e. The summed E-state index contributed by atoms with van der Waals surface area (Å²) in [6.45, 7) is 3.44. The lowest BCUT2D eigenvalue weighted by Gasteiger charge is -2.28. The van der Waals surface area contributed by atoms with Crippen LogP contribution in [0.4, 0.5) is 0 Å². The average molecular weight is 198 g/mol. The maximum atomic E-state index is 11.5. The predicted molar refractivity (Wildman–Crippen MR) is 53.0 cm³/mol. The fourth-order valence-corrected chi connectivity index (χ4v) is 1.85. The minimum Gasteiger partial charge on any atom is -0.381 e. The Morgan fingerprint density at radius 2 is 2.36 bits per heavy atom. The molecule has 0 aromatic carbocycles. The lowest BCUT2D eigenvalue weighted by atomic mass is 10.0. The highest BCUT2D eigenvalue weighted by Crippen LogP contribution is 2.12. The van der Waals surface area contributed by atoms with Gasteiger partial charge in [0, 0.05) is 13.2 Å². The van der Waals surface area contributed by atoms with E-state index in [9.17, 15) is 4.79 Å². The largest absolute Gasteiger partial charge is 0.381 e. The van der Waals surface area contributed by atoms with Crippen molar-refractivity contribution in [2.24, 2.45) is 5.92 Å². The molecule has 2 aliphatic heterocycles. The number of hydrogen-bond acceptors (Lipinski definition) is 3. The number of carbonyl (C=O) groups is 1. The second kappa shape index (κ2) is 4.75. The topological polar surface area (TPSA) is 50.4 Å². The van der Waals surface area contributed by atoms with Crippen molar-refractivity contribution in [3.05, 3.63) is 0 Å². The minimum atomic E-state index is 0.0690. The Morgan fingerprint density at radius 1 is 1.50 bits per heavy atom. The number of ether oxygens (including phenoxy) is 1. The molecule has 2 saturated heterocycles. The molecule has 2 heterocycles. The van der Waals surface area contributed by atoms with E-state index in [0.717, 1.165) is 39.1 Å². The molecule has 2 fully saturated rings. The number of carbonyl (C=O) groups excluding carboxylic acids is 1. The highest BCUT2D eigenvalue weighted by atomic mass is 16.5. The van der Waals surface area contributed by atoms with E-state index in [1.54, 1.807) is 0 Å². The zero-order valence-electron chi connectivity index (χ0n) is 8.42. The van der Waals surface area contributed by atoms with Crippen LogP contribution >= 0.6 is 0 Å². The van der Waals surface area contributed by atoms with E-state index in [1.165, 1.54) is 6.42 Å². The van der Waals surface area contributed by atoms with Gasteiger partial charge in [-0.1, -0.05) is 0 Å². The molecule has 2 N–H and O–H groups in total. The molecule has 80 valence electrons. The maximum Gasteiger partial charge on any atom is 0.237 e. The molecule has 0 aromatic rings. The van der Waals surface area contributed by atoms with E-state index in [-0.39, 0.29) is 11.9 Å². The van der Waals surface area contributed by atoms with Gasteiger partial charge in [0.2, 0.25) is 5.91 Å². The van der Waals surface area contributed by atoms with Crippen molar-refractivity contribution in [1.82, 2.24) is 10.6 Å². The molecule has 14 heavy (non-hydrogen) atoms. The van der Waals surface area contributed by atoms with Gasteiger partial charge in [-0.05, 0) is 31.7 Å². The first-order valence-electron chi connectivity index (χ1n) is 5.45. The summed E-state index contributed by atoms with van der Waals surface area (Å²) < 4.78 is 5.35. The van der Waals surface area contributed by atoms with Gasteiger partial charge in [-0.25, -0.2) is 0 Å². The number of rotatable bonds is 3. The van der Waals surface area contributed by atoms with E-state index in [1.807, 2.05) is 0 Å². The summed E-state index contributed by atoms with van der Waals surface area (Å²) in [5.41, 5.74) is 0. The summed E-state index contributed by atoms with van der Waals surface area (Å²) in [5, 5.41) is 6.06. The van der Waals surface area contributed by atoms with E-state index in [0.29, 0.717) is 5.92 Å². The van der Waals surface area contributed by atoms with Gasteiger partial charge in [0.05, 0.1) is 12.6 Å². The molecule has 2 atom stereocenters. The van der Waals surface area contributed by atoms with Gasteiger partial charge in [-0.15, -0.1) is 0 Å². The first-order chi connectivity index (χ1) is 6.86. The molecule has 0 spiro atoms. The third kappa shape index (κ3) is 2.45. The molecule has 0 saturated carbocycles. The molecule has 2 unspecified atom stereocenters. The minimum absolute atomic E-state index is 0.0690. The van der Waals surface area contributed by atoms with Crippen molar-refractivity contribution in [3.8, 4) is 0 Å². The molecule has 0 aliphatic carbocycles. The summed E-state index contributed by atoms with van der Waals surface area (Å²) >= 11 is 0. The molecular weight excluding hydrogens is 180 g/mol. The van der Waals surface area contributed by atoms with Crippen LogP contribution in [-0.4, -0.2) is 38.3 Å². The Morgan fingerprint density at radius 3 is 2.93 bits per heavy atom. The van der Waals surface area contributed by atoms with E-state index in [2.05, 4.69) is 10.6 Å². The van der Waals surface area contributed by atoms with E-state index in [4.69, 9.17) is 4.74 Å². The molecule has 0 aromatic heterocycles. The van der Waals surface area contributed by atoms with Crippen LogP contribution in [0.2, 0.25) is 0 Å². The quantitative estimate of drug-likeness (QED) is 0.665. The van der Waals surface area contributed by atoms with Crippen molar-refractivity contribution in [3.63, 3.8) is 0 Å². The predicted octanol–water partition coefficient (Wildman–Crippen LogP) is -0.109. The fourth-order valence-electron chi connectivity index (χ4n) is 1.85. The molecule has 1 amide bonds. The SMILES string of the molecule is O=C(NCC1CCCOC1)C1CCN1. The fraction of sp³-hybridized carbons (Fsp3) is 0.900. The Hall–Kier alpha value is -0.610.